The first-order chi connectivity index (χ1) is 13.7. The summed E-state index contributed by atoms with van der Waals surface area (Å²) in [6, 6.07) is 23.0. The van der Waals surface area contributed by atoms with Crippen molar-refractivity contribution < 1.29 is 19.5 Å². The summed E-state index contributed by atoms with van der Waals surface area (Å²) in [7, 11) is -1.71. The summed E-state index contributed by atoms with van der Waals surface area (Å²) in [4.78, 5) is 0. The van der Waals surface area contributed by atoms with E-state index in [0.717, 1.165) is 16.7 Å². The van der Waals surface area contributed by atoms with Gasteiger partial charge in [-0.25, -0.2) is 0 Å². The largest absolute Gasteiger partial charge is 0.496 e. The quantitative estimate of drug-likeness (QED) is 0.592. The molecule has 0 aliphatic carbocycles. The second kappa shape index (κ2) is 9.79. The number of rotatable bonds is 8. The first-order valence-corrected chi connectivity index (χ1v) is 9.17. The second-order valence-electron chi connectivity index (χ2n) is 6.35. The van der Waals surface area contributed by atoms with E-state index in [9.17, 15) is 10.0 Å². The minimum Gasteiger partial charge on any atom is -0.489 e. The molecule has 3 aromatic carbocycles. The lowest BCUT2D eigenvalue weighted by molar-refractivity contribution is 0.291. The summed E-state index contributed by atoms with van der Waals surface area (Å²) in [5.74, 6) is 0.773. The smallest absolute Gasteiger partial charge is 0.489 e. The van der Waals surface area contributed by atoms with Gasteiger partial charge in [0.15, 0.2) is 0 Å². The lowest BCUT2D eigenvalue weighted by Crippen LogP contribution is -2.33. The fourth-order valence-corrected chi connectivity index (χ4v) is 2.87. The van der Waals surface area contributed by atoms with Crippen LogP contribution in [0.1, 0.15) is 23.6 Å². The molecule has 142 valence electrons. The molecule has 5 heteroatoms. The lowest BCUT2D eigenvalue weighted by atomic mass is 9.78. The SMILES string of the molecule is CC=Cc1cc(OCc2ccccc2)c(B(O)O)c(OCc2ccccc2)c1. The van der Waals surface area contributed by atoms with Crippen LogP contribution in [0, 0.1) is 0 Å². The summed E-state index contributed by atoms with van der Waals surface area (Å²) in [6.45, 7) is 2.56. The van der Waals surface area contributed by atoms with Gasteiger partial charge in [-0.15, -0.1) is 0 Å². The van der Waals surface area contributed by atoms with E-state index in [1.807, 2.05) is 79.7 Å². The molecule has 3 aromatic rings. The molecule has 28 heavy (non-hydrogen) atoms. The standard InChI is InChI=1S/C23H23BO4/c1-2-9-20-14-21(27-16-18-10-5-3-6-11-18)23(24(25)26)22(15-20)28-17-19-12-7-4-8-13-19/h2-15,25-26H,16-17H2,1H3. The van der Waals surface area contributed by atoms with Gasteiger partial charge < -0.3 is 19.5 Å². The van der Waals surface area contributed by atoms with Crippen molar-refractivity contribution in [3.63, 3.8) is 0 Å². The predicted octanol–water partition coefficient (Wildman–Crippen LogP) is 3.56. The number of hydrogen-bond acceptors (Lipinski definition) is 4. The van der Waals surface area contributed by atoms with Crippen molar-refractivity contribution in [1.29, 1.82) is 0 Å². The van der Waals surface area contributed by atoms with Crippen LogP contribution in [0.3, 0.4) is 0 Å². The Kier molecular flexibility index (Phi) is 6.90. The highest BCUT2D eigenvalue weighted by molar-refractivity contribution is 6.61. The summed E-state index contributed by atoms with van der Waals surface area (Å²) in [5.41, 5.74) is 3.06. The first kappa shape index (κ1) is 19.7. The molecule has 2 N–H and O–H groups in total. The number of hydrogen-bond donors (Lipinski definition) is 2. The molecule has 0 saturated carbocycles. The van der Waals surface area contributed by atoms with E-state index in [2.05, 4.69) is 0 Å². The third-order valence-electron chi connectivity index (χ3n) is 4.22. The molecular formula is C23H23BO4. The van der Waals surface area contributed by atoms with Gasteiger partial charge in [-0.05, 0) is 35.7 Å². The van der Waals surface area contributed by atoms with Gasteiger partial charge in [0.25, 0.3) is 0 Å². The van der Waals surface area contributed by atoms with Gasteiger partial charge in [-0.1, -0.05) is 72.8 Å². The average molecular weight is 374 g/mol. The highest BCUT2D eigenvalue weighted by Gasteiger charge is 2.24. The maximum atomic E-state index is 9.98. The minimum atomic E-state index is -1.71. The van der Waals surface area contributed by atoms with Gasteiger partial charge in [0.05, 0.1) is 5.46 Å². The Morgan fingerprint density at radius 1 is 0.786 bits per heavy atom. The first-order valence-electron chi connectivity index (χ1n) is 9.17. The van der Waals surface area contributed by atoms with Crippen molar-refractivity contribution in [3.8, 4) is 11.5 Å². The van der Waals surface area contributed by atoms with Crippen molar-refractivity contribution in [3.05, 3.63) is 95.6 Å². The van der Waals surface area contributed by atoms with Crippen LogP contribution in [0.25, 0.3) is 6.08 Å². The molecule has 0 aliphatic rings. The van der Waals surface area contributed by atoms with Gasteiger partial charge in [-0.2, -0.15) is 0 Å². The van der Waals surface area contributed by atoms with Gasteiger partial charge in [0, 0.05) is 0 Å². The monoisotopic (exact) mass is 374 g/mol. The summed E-state index contributed by atoms with van der Waals surface area (Å²) < 4.78 is 11.9. The second-order valence-corrected chi connectivity index (χ2v) is 6.35. The van der Waals surface area contributed by atoms with Crippen LogP contribution in [0.4, 0.5) is 0 Å². The third-order valence-corrected chi connectivity index (χ3v) is 4.22. The maximum absolute atomic E-state index is 9.98. The number of allylic oxidation sites excluding steroid dienone is 1. The molecule has 0 aromatic heterocycles. The molecule has 4 nitrogen and oxygen atoms in total. The molecule has 0 saturated heterocycles. The van der Waals surface area contributed by atoms with Crippen LogP contribution < -0.4 is 14.9 Å². The highest BCUT2D eigenvalue weighted by Crippen LogP contribution is 2.24. The summed E-state index contributed by atoms with van der Waals surface area (Å²) in [5, 5.41) is 20.0. The van der Waals surface area contributed by atoms with Crippen molar-refractivity contribution in [2.45, 2.75) is 20.1 Å². The minimum absolute atomic E-state index is 0.222. The Labute approximate surface area is 165 Å². The molecule has 3 rings (SSSR count). The molecule has 0 bridgehead atoms. The van der Waals surface area contributed by atoms with E-state index in [-0.39, 0.29) is 5.46 Å². The Balaban J connectivity index is 1.90. The van der Waals surface area contributed by atoms with Crippen molar-refractivity contribution in [2.24, 2.45) is 0 Å². The van der Waals surface area contributed by atoms with Crippen LogP contribution in [0.2, 0.25) is 0 Å². The molecule has 0 aliphatic heterocycles. The van der Waals surface area contributed by atoms with Gasteiger partial charge >= 0.3 is 7.12 Å². The zero-order valence-electron chi connectivity index (χ0n) is 15.8. The van der Waals surface area contributed by atoms with Crippen LogP contribution >= 0.6 is 0 Å². The molecular weight excluding hydrogens is 351 g/mol. The van der Waals surface area contributed by atoms with E-state index in [4.69, 9.17) is 9.47 Å². The molecule has 0 unspecified atom stereocenters. The Morgan fingerprint density at radius 3 is 1.64 bits per heavy atom. The predicted molar refractivity (Wildman–Crippen MR) is 113 cm³/mol. The summed E-state index contributed by atoms with van der Waals surface area (Å²) in [6.07, 6.45) is 3.82. The van der Waals surface area contributed by atoms with E-state index in [1.165, 1.54) is 0 Å². The van der Waals surface area contributed by atoms with Crippen molar-refractivity contribution >= 4 is 18.7 Å². The van der Waals surface area contributed by atoms with E-state index < -0.39 is 7.12 Å². The van der Waals surface area contributed by atoms with Gasteiger partial charge in [0.1, 0.15) is 24.7 Å². The maximum Gasteiger partial charge on any atom is 0.496 e. The molecule has 0 amide bonds. The molecule has 0 spiro atoms. The topological polar surface area (TPSA) is 58.9 Å². The molecule has 0 radical (unpaired) electrons. The third kappa shape index (κ3) is 5.25. The van der Waals surface area contributed by atoms with Gasteiger partial charge in [-0.3, -0.25) is 0 Å². The van der Waals surface area contributed by atoms with Crippen molar-refractivity contribution in [1.82, 2.24) is 0 Å². The van der Waals surface area contributed by atoms with E-state index >= 15 is 0 Å². The fourth-order valence-electron chi connectivity index (χ4n) is 2.87. The Hall–Kier alpha value is -3.02. The zero-order chi connectivity index (χ0) is 19.8. The highest BCUT2D eigenvalue weighted by atomic mass is 16.5. The normalized spacial score (nSPS) is 10.8. The van der Waals surface area contributed by atoms with Crippen LogP contribution in [0.15, 0.2) is 78.9 Å². The lowest BCUT2D eigenvalue weighted by Gasteiger charge is -2.17. The van der Waals surface area contributed by atoms with Crippen LogP contribution in [-0.4, -0.2) is 17.2 Å². The molecule has 0 heterocycles. The summed E-state index contributed by atoms with van der Waals surface area (Å²) >= 11 is 0. The van der Waals surface area contributed by atoms with Crippen LogP contribution in [0.5, 0.6) is 11.5 Å². The van der Waals surface area contributed by atoms with E-state index in [1.54, 1.807) is 12.1 Å². The Morgan fingerprint density at radius 2 is 1.25 bits per heavy atom. The zero-order valence-corrected chi connectivity index (χ0v) is 15.8. The Bertz CT molecular complexity index is 844. The number of ether oxygens (including phenoxy) is 2. The van der Waals surface area contributed by atoms with Crippen molar-refractivity contribution in [2.75, 3.05) is 0 Å². The number of benzene rings is 3. The van der Waals surface area contributed by atoms with Gasteiger partial charge in [0.2, 0.25) is 0 Å². The van der Waals surface area contributed by atoms with E-state index in [0.29, 0.717) is 24.7 Å². The van der Waals surface area contributed by atoms with Crippen LogP contribution in [-0.2, 0) is 13.2 Å². The fraction of sp³-hybridized carbons (Fsp3) is 0.130. The average Bonchev–Trinajstić information content (AvgIpc) is 2.72. The molecule has 0 fully saturated rings. The molecule has 0 atom stereocenters.